The molecule has 0 fully saturated rings. The summed E-state index contributed by atoms with van der Waals surface area (Å²) in [6.45, 7) is 17.5. The third kappa shape index (κ3) is 18.7. The molecule has 1 heterocycles. The first-order valence-corrected chi connectivity index (χ1v) is 9.22. The fourth-order valence-electron chi connectivity index (χ4n) is 0.906. The first-order valence-electron chi connectivity index (χ1n) is 8.34. The molecular formula is C19H37NOS. The summed E-state index contributed by atoms with van der Waals surface area (Å²) >= 11 is 1.79. The summed E-state index contributed by atoms with van der Waals surface area (Å²) in [6.07, 6.45) is 0. The van der Waals surface area contributed by atoms with E-state index in [1.54, 1.807) is 18.4 Å². The predicted octanol–water partition coefficient (Wildman–Crippen LogP) is 6.76. The molecule has 1 N–H and O–H groups in total. The van der Waals surface area contributed by atoms with E-state index < -0.39 is 0 Å². The minimum atomic E-state index is 0.00463. The van der Waals surface area contributed by atoms with Gasteiger partial charge in [-0.25, -0.2) is 0 Å². The Labute approximate surface area is 143 Å². The van der Waals surface area contributed by atoms with Gasteiger partial charge < -0.3 is 5.32 Å². The van der Waals surface area contributed by atoms with Crippen LogP contribution in [-0.4, -0.2) is 13.0 Å². The maximum atomic E-state index is 9.70. The van der Waals surface area contributed by atoms with Crippen molar-refractivity contribution in [3.63, 3.8) is 0 Å². The molecule has 22 heavy (non-hydrogen) atoms. The zero-order chi connectivity index (χ0) is 18.4. The standard InChI is InChI=1S/C8H6S.C3H7NO.4C2H6/c1-2-4-8-7(3-1)5-6-9-8;1-3(5)4-2;4*1-2/h1-6H;1-2H3,(H,4,5);4*1-2H3. The fourth-order valence-corrected chi connectivity index (χ4v) is 1.70. The highest BCUT2D eigenvalue weighted by atomic mass is 32.1. The van der Waals surface area contributed by atoms with Gasteiger partial charge in [0.05, 0.1) is 0 Å². The Balaban J connectivity index is -0.000000108. The lowest BCUT2D eigenvalue weighted by atomic mass is 10.3. The van der Waals surface area contributed by atoms with Crippen LogP contribution in [0.4, 0.5) is 0 Å². The van der Waals surface area contributed by atoms with E-state index in [1.165, 1.54) is 17.0 Å². The van der Waals surface area contributed by atoms with Crippen molar-refractivity contribution in [1.82, 2.24) is 5.32 Å². The Morgan fingerprint density at radius 3 is 1.64 bits per heavy atom. The normalized spacial score (nSPS) is 6.82. The molecule has 130 valence electrons. The number of hydrogen-bond donors (Lipinski definition) is 1. The number of fused-ring (bicyclic) bond motifs is 1. The largest absolute Gasteiger partial charge is 0.359 e. The average Bonchev–Trinajstić information content (AvgIpc) is 3.11. The van der Waals surface area contributed by atoms with Gasteiger partial charge in [-0.15, -0.1) is 11.3 Å². The topological polar surface area (TPSA) is 29.1 Å². The summed E-state index contributed by atoms with van der Waals surface area (Å²) in [4.78, 5) is 9.70. The number of hydrogen-bond acceptors (Lipinski definition) is 2. The highest BCUT2D eigenvalue weighted by Gasteiger charge is 1.87. The Morgan fingerprint density at radius 2 is 1.27 bits per heavy atom. The van der Waals surface area contributed by atoms with Crippen LogP contribution < -0.4 is 5.32 Å². The molecule has 0 saturated heterocycles. The molecule has 2 nitrogen and oxygen atoms in total. The van der Waals surface area contributed by atoms with Gasteiger partial charge in [0.1, 0.15) is 0 Å². The molecule has 1 aromatic heterocycles. The van der Waals surface area contributed by atoms with Crippen molar-refractivity contribution in [2.45, 2.75) is 62.3 Å². The molecule has 1 amide bonds. The highest BCUT2D eigenvalue weighted by molar-refractivity contribution is 7.17. The second kappa shape index (κ2) is 27.9. The number of benzene rings is 1. The van der Waals surface area contributed by atoms with E-state index in [-0.39, 0.29) is 5.91 Å². The van der Waals surface area contributed by atoms with Crippen LogP contribution in [0.5, 0.6) is 0 Å². The smallest absolute Gasteiger partial charge is 0.216 e. The molecular weight excluding hydrogens is 290 g/mol. The van der Waals surface area contributed by atoms with Gasteiger partial charge in [0, 0.05) is 18.7 Å². The third-order valence-electron chi connectivity index (χ3n) is 1.71. The molecule has 0 radical (unpaired) electrons. The van der Waals surface area contributed by atoms with E-state index in [0.29, 0.717) is 0 Å². The van der Waals surface area contributed by atoms with E-state index in [4.69, 9.17) is 0 Å². The maximum Gasteiger partial charge on any atom is 0.216 e. The Bertz CT molecular complexity index is 380. The lowest BCUT2D eigenvalue weighted by Gasteiger charge is -1.82. The lowest BCUT2D eigenvalue weighted by molar-refractivity contribution is -0.118. The van der Waals surface area contributed by atoms with Crippen molar-refractivity contribution in [3.05, 3.63) is 35.7 Å². The van der Waals surface area contributed by atoms with E-state index in [2.05, 4.69) is 41.0 Å². The van der Waals surface area contributed by atoms with Crippen LogP contribution in [0.3, 0.4) is 0 Å². The molecule has 2 aromatic rings. The van der Waals surface area contributed by atoms with Crippen molar-refractivity contribution in [2.75, 3.05) is 7.05 Å². The molecule has 0 atom stereocenters. The summed E-state index contributed by atoms with van der Waals surface area (Å²) in [7, 11) is 1.60. The van der Waals surface area contributed by atoms with Crippen molar-refractivity contribution in [2.24, 2.45) is 0 Å². The minimum absolute atomic E-state index is 0.00463. The summed E-state index contributed by atoms with van der Waals surface area (Å²) in [5, 5.41) is 5.85. The second-order valence-corrected chi connectivity index (χ2v) is 3.71. The minimum Gasteiger partial charge on any atom is -0.359 e. The molecule has 0 aliphatic rings. The number of amides is 1. The molecule has 3 heteroatoms. The zero-order valence-electron chi connectivity index (χ0n) is 16.3. The van der Waals surface area contributed by atoms with Crippen LogP contribution in [-0.2, 0) is 4.79 Å². The van der Waals surface area contributed by atoms with Gasteiger partial charge in [0.25, 0.3) is 0 Å². The van der Waals surface area contributed by atoms with E-state index in [9.17, 15) is 4.79 Å². The Morgan fingerprint density at radius 1 is 0.864 bits per heavy atom. The average molecular weight is 328 g/mol. The molecule has 2 rings (SSSR count). The van der Waals surface area contributed by atoms with Crippen molar-refractivity contribution in [1.29, 1.82) is 0 Å². The van der Waals surface area contributed by atoms with Gasteiger partial charge in [-0.3, -0.25) is 4.79 Å². The highest BCUT2D eigenvalue weighted by Crippen LogP contribution is 2.18. The monoisotopic (exact) mass is 327 g/mol. The Hall–Kier alpha value is -1.35. The van der Waals surface area contributed by atoms with Crippen molar-refractivity contribution < 1.29 is 4.79 Å². The van der Waals surface area contributed by atoms with Gasteiger partial charge in [-0.05, 0) is 22.9 Å². The first kappa shape index (κ1) is 28.8. The quantitative estimate of drug-likeness (QED) is 0.569. The molecule has 0 saturated carbocycles. The Kier molecular flexibility index (Phi) is 36.5. The van der Waals surface area contributed by atoms with Gasteiger partial charge in [0.15, 0.2) is 0 Å². The SMILES string of the molecule is CC.CC.CC.CC.CNC(C)=O.c1ccc2sccc2c1. The van der Waals surface area contributed by atoms with Gasteiger partial charge in [0.2, 0.25) is 5.91 Å². The van der Waals surface area contributed by atoms with E-state index >= 15 is 0 Å². The molecule has 1 aromatic carbocycles. The van der Waals surface area contributed by atoms with Gasteiger partial charge in [-0.2, -0.15) is 0 Å². The van der Waals surface area contributed by atoms with Crippen LogP contribution in [0.25, 0.3) is 10.1 Å². The van der Waals surface area contributed by atoms with Crippen LogP contribution in [0.15, 0.2) is 35.7 Å². The molecule has 0 unspecified atom stereocenters. The third-order valence-corrected chi connectivity index (χ3v) is 2.61. The summed E-state index contributed by atoms with van der Waals surface area (Å²) in [6, 6.07) is 10.5. The molecule has 0 spiro atoms. The number of nitrogens with one attached hydrogen (secondary N) is 1. The number of carbonyl (C=O) groups excluding carboxylic acids is 1. The number of carbonyl (C=O) groups is 1. The van der Waals surface area contributed by atoms with Crippen LogP contribution in [0.1, 0.15) is 62.3 Å². The maximum absolute atomic E-state index is 9.70. The van der Waals surface area contributed by atoms with E-state index in [1.807, 2.05) is 55.4 Å². The number of rotatable bonds is 0. The fraction of sp³-hybridized carbons (Fsp3) is 0.526. The van der Waals surface area contributed by atoms with Gasteiger partial charge in [-0.1, -0.05) is 73.6 Å². The van der Waals surface area contributed by atoms with Crippen molar-refractivity contribution >= 4 is 27.3 Å². The first-order chi connectivity index (χ1) is 10.7. The molecule has 0 aliphatic carbocycles. The lowest BCUT2D eigenvalue weighted by Crippen LogP contribution is -2.11. The van der Waals surface area contributed by atoms with Crippen LogP contribution in [0.2, 0.25) is 0 Å². The summed E-state index contributed by atoms with van der Waals surface area (Å²) in [5.41, 5.74) is 0. The molecule has 0 bridgehead atoms. The number of thiophene rings is 1. The van der Waals surface area contributed by atoms with Gasteiger partial charge >= 0.3 is 0 Å². The van der Waals surface area contributed by atoms with Crippen LogP contribution in [0, 0.1) is 0 Å². The summed E-state index contributed by atoms with van der Waals surface area (Å²) < 4.78 is 1.37. The second-order valence-electron chi connectivity index (χ2n) is 2.76. The molecule has 0 aliphatic heterocycles. The predicted molar refractivity (Wildman–Crippen MR) is 107 cm³/mol. The van der Waals surface area contributed by atoms with Crippen molar-refractivity contribution in [3.8, 4) is 0 Å². The van der Waals surface area contributed by atoms with E-state index in [0.717, 1.165) is 0 Å². The van der Waals surface area contributed by atoms with Crippen LogP contribution >= 0.6 is 11.3 Å². The summed E-state index contributed by atoms with van der Waals surface area (Å²) in [5.74, 6) is 0.00463. The zero-order valence-corrected chi connectivity index (χ0v) is 17.1.